The second-order valence-corrected chi connectivity index (χ2v) is 6.49. The third-order valence-corrected chi connectivity index (χ3v) is 4.61. The summed E-state index contributed by atoms with van der Waals surface area (Å²) in [5, 5.41) is 5.34. The first-order chi connectivity index (χ1) is 11.3. The number of halogens is 1. The molecule has 0 aliphatic rings. The Morgan fingerprint density at radius 1 is 1.29 bits per heavy atom. The molecule has 0 radical (unpaired) electrons. The van der Waals surface area contributed by atoms with Gasteiger partial charge in [0.15, 0.2) is 0 Å². The normalized spacial score (nSPS) is 11.5. The van der Waals surface area contributed by atoms with Crippen LogP contribution >= 0.6 is 11.6 Å². The van der Waals surface area contributed by atoms with Crippen molar-refractivity contribution < 1.29 is 9.15 Å². The highest BCUT2D eigenvalue weighted by Gasteiger charge is 2.17. The lowest BCUT2D eigenvalue weighted by Gasteiger charge is -2.10. The average Bonchev–Trinajstić information content (AvgIpc) is 2.93. The zero-order chi connectivity index (χ0) is 17.6. The number of aromatic nitrogens is 2. The Hall–Kier alpha value is -2.27. The maximum atomic E-state index is 11.9. The standard InChI is InChI=1S/C18H19ClN2O3/c1-9(2)13-8-12(20-21(13)4)11-6-14(23-5)16-10(3)17(19)18(22)24-15(16)7-11/h6-9H,1-5H3. The van der Waals surface area contributed by atoms with Crippen molar-refractivity contribution >= 4 is 22.6 Å². The Labute approximate surface area is 144 Å². The molecular weight excluding hydrogens is 328 g/mol. The Morgan fingerprint density at radius 3 is 2.58 bits per heavy atom. The van der Waals surface area contributed by atoms with Gasteiger partial charge in [-0.15, -0.1) is 0 Å². The molecule has 5 nitrogen and oxygen atoms in total. The number of aryl methyl sites for hydroxylation is 2. The molecule has 0 fully saturated rings. The van der Waals surface area contributed by atoms with Crippen molar-refractivity contribution in [3.63, 3.8) is 0 Å². The second kappa shape index (κ2) is 5.98. The molecule has 1 aromatic carbocycles. The number of nitrogens with zero attached hydrogens (tertiary/aromatic N) is 2. The summed E-state index contributed by atoms with van der Waals surface area (Å²) in [7, 11) is 3.50. The minimum absolute atomic E-state index is 0.0773. The smallest absolute Gasteiger partial charge is 0.355 e. The molecule has 0 unspecified atom stereocenters. The minimum Gasteiger partial charge on any atom is -0.496 e. The van der Waals surface area contributed by atoms with E-state index >= 15 is 0 Å². The molecule has 0 saturated carbocycles. The lowest BCUT2D eigenvalue weighted by atomic mass is 10.0. The Balaban J connectivity index is 2.29. The van der Waals surface area contributed by atoms with E-state index in [0.717, 1.165) is 17.0 Å². The van der Waals surface area contributed by atoms with Crippen molar-refractivity contribution in [1.82, 2.24) is 9.78 Å². The number of hydrogen-bond acceptors (Lipinski definition) is 4. The topological polar surface area (TPSA) is 57.3 Å². The van der Waals surface area contributed by atoms with Crippen molar-refractivity contribution in [2.45, 2.75) is 26.7 Å². The van der Waals surface area contributed by atoms with E-state index in [9.17, 15) is 4.79 Å². The van der Waals surface area contributed by atoms with Gasteiger partial charge in [0.25, 0.3) is 0 Å². The van der Waals surface area contributed by atoms with Crippen LogP contribution in [0.2, 0.25) is 5.02 Å². The molecule has 0 N–H and O–H groups in total. The van der Waals surface area contributed by atoms with Crippen LogP contribution in [-0.2, 0) is 7.05 Å². The quantitative estimate of drug-likeness (QED) is 0.664. The summed E-state index contributed by atoms with van der Waals surface area (Å²) in [6.07, 6.45) is 0. The van der Waals surface area contributed by atoms with Crippen molar-refractivity contribution in [2.75, 3.05) is 7.11 Å². The van der Waals surface area contributed by atoms with E-state index in [1.165, 1.54) is 0 Å². The van der Waals surface area contributed by atoms with E-state index in [1.54, 1.807) is 20.1 Å². The molecule has 24 heavy (non-hydrogen) atoms. The monoisotopic (exact) mass is 346 g/mol. The largest absolute Gasteiger partial charge is 0.496 e. The predicted molar refractivity (Wildman–Crippen MR) is 95.1 cm³/mol. The number of hydrogen-bond donors (Lipinski definition) is 0. The maximum Gasteiger partial charge on any atom is 0.355 e. The van der Waals surface area contributed by atoms with Gasteiger partial charge in [-0.3, -0.25) is 4.68 Å². The molecule has 3 rings (SSSR count). The first kappa shape index (κ1) is 16.6. The lowest BCUT2D eigenvalue weighted by Crippen LogP contribution is -2.03. The number of ether oxygens (including phenoxy) is 1. The zero-order valence-corrected chi connectivity index (χ0v) is 15.1. The number of rotatable bonds is 3. The van der Waals surface area contributed by atoms with Gasteiger partial charge in [0.1, 0.15) is 16.4 Å². The fourth-order valence-electron chi connectivity index (χ4n) is 2.92. The van der Waals surface area contributed by atoms with Gasteiger partial charge < -0.3 is 9.15 Å². The molecule has 6 heteroatoms. The highest BCUT2D eigenvalue weighted by atomic mass is 35.5. The molecule has 0 bridgehead atoms. The van der Waals surface area contributed by atoms with Gasteiger partial charge in [-0.1, -0.05) is 25.4 Å². The van der Waals surface area contributed by atoms with Crippen LogP contribution in [0.5, 0.6) is 5.75 Å². The van der Waals surface area contributed by atoms with Crippen LogP contribution in [0, 0.1) is 6.92 Å². The van der Waals surface area contributed by atoms with E-state index in [0.29, 0.717) is 28.2 Å². The van der Waals surface area contributed by atoms with E-state index < -0.39 is 5.63 Å². The van der Waals surface area contributed by atoms with Crippen LogP contribution in [0.3, 0.4) is 0 Å². The van der Waals surface area contributed by atoms with Crippen molar-refractivity contribution in [3.05, 3.63) is 44.9 Å². The number of fused-ring (bicyclic) bond motifs is 1. The molecule has 2 aromatic heterocycles. The fourth-order valence-corrected chi connectivity index (χ4v) is 3.05. The third kappa shape index (κ3) is 2.59. The van der Waals surface area contributed by atoms with Gasteiger partial charge in [0.2, 0.25) is 0 Å². The number of methoxy groups -OCH3 is 1. The zero-order valence-electron chi connectivity index (χ0n) is 14.3. The number of benzene rings is 1. The van der Waals surface area contributed by atoms with E-state index in [1.807, 2.05) is 23.9 Å². The van der Waals surface area contributed by atoms with Crippen molar-refractivity contribution in [1.29, 1.82) is 0 Å². The SMILES string of the molecule is COc1cc(-c2cc(C(C)C)n(C)n2)cc2oc(=O)c(Cl)c(C)c12. The molecule has 126 valence electrons. The van der Waals surface area contributed by atoms with Crippen LogP contribution < -0.4 is 10.4 Å². The van der Waals surface area contributed by atoms with E-state index in [2.05, 4.69) is 18.9 Å². The minimum atomic E-state index is -0.551. The van der Waals surface area contributed by atoms with Crippen molar-refractivity contribution in [2.24, 2.45) is 7.05 Å². The summed E-state index contributed by atoms with van der Waals surface area (Å²) in [5.41, 5.74) is 3.29. The Bertz CT molecular complexity index is 986. The third-order valence-electron chi connectivity index (χ3n) is 4.18. The first-order valence-corrected chi connectivity index (χ1v) is 8.06. The maximum absolute atomic E-state index is 11.9. The summed E-state index contributed by atoms with van der Waals surface area (Å²) in [4.78, 5) is 11.9. The van der Waals surface area contributed by atoms with Crippen LogP contribution in [0.15, 0.2) is 27.4 Å². The van der Waals surface area contributed by atoms with Gasteiger partial charge in [-0.25, -0.2) is 4.79 Å². The molecule has 2 heterocycles. The summed E-state index contributed by atoms with van der Waals surface area (Å²) < 4.78 is 12.7. The summed E-state index contributed by atoms with van der Waals surface area (Å²) in [5.74, 6) is 0.958. The van der Waals surface area contributed by atoms with Crippen LogP contribution in [0.1, 0.15) is 31.0 Å². The molecule has 0 aliphatic heterocycles. The molecule has 3 aromatic rings. The predicted octanol–water partition coefficient (Wildman–Crippen LogP) is 4.29. The van der Waals surface area contributed by atoms with Crippen molar-refractivity contribution in [3.8, 4) is 17.0 Å². The van der Waals surface area contributed by atoms with Gasteiger partial charge in [-0.2, -0.15) is 5.10 Å². The fraction of sp³-hybridized carbons (Fsp3) is 0.333. The van der Waals surface area contributed by atoms with Gasteiger partial charge >= 0.3 is 5.63 Å². The lowest BCUT2D eigenvalue weighted by molar-refractivity contribution is 0.418. The van der Waals surface area contributed by atoms with E-state index in [4.69, 9.17) is 20.8 Å². The molecule has 0 aliphatic carbocycles. The molecule has 0 atom stereocenters. The summed E-state index contributed by atoms with van der Waals surface area (Å²) >= 11 is 6.02. The first-order valence-electron chi connectivity index (χ1n) is 7.68. The molecule has 0 amide bonds. The van der Waals surface area contributed by atoms with Crippen LogP contribution in [-0.4, -0.2) is 16.9 Å². The van der Waals surface area contributed by atoms with Gasteiger partial charge in [0, 0.05) is 18.3 Å². The highest BCUT2D eigenvalue weighted by molar-refractivity contribution is 6.32. The van der Waals surface area contributed by atoms with E-state index in [-0.39, 0.29) is 5.02 Å². The second-order valence-electron chi connectivity index (χ2n) is 6.11. The molecular formula is C18H19ClN2O3. The average molecular weight is 347 g/mol. The Kier molecular flexibility index (Phi) is 4.13. The van der Waals surface area contributed by atoms with Gasteiger partial charge in [-0.05, 0) is 36.6 Å². The Morgan fingerprint density at radius 2 is 2.00 bits per heavy atom. The van der Waals surface area contributed by atoms with Gasteiger partial charge in [0.05, 0.1) is 18.2 Å². The van der Waals surface area contributed by atoms with Crippen LogP contribution in [0.4, 0.5) is 0 Å². The summed E-state index contributed by atoms with van der Waals surface area (Å²) in [6, 6.07) is 5.72. The highest BCUT2D eigenvalue weighted by Crippen LogP contribution is 2.35. The van der Waals surface area contributed by atoms with Crippen LogP contribution in [0.25, 0.3) is 22.2 Å². The summed E-state index contributed by atoms with van der Waals surface area (Å²) in [6.45, 7) is 6.01. The molecule has 0 spiro atoms. The molecule has 0 saturated heterocycles.